The number of amides is 2. The van der Waals surface area contributed by atoms with E-state index >= 15 is 0 Å². The summed E-state index contributed by atoms with van der Waals surface area (Å²) in [6, 6.07) is 11.0. The number of carbonyl (C=O) groups is 2. The Bertz CT molecular complexity index is 865. The van der Waals surface area contributed by atoms with Gasteiger partial charge in [-0.15, -0.1) is 0 Å². The summed E-state index contributed by atoms with van der Waals surface area (Å²) in [5.41, 5.74) is 7.56. The van der Waals surface area contributed by atoms with E-state index < -0.39 is 11.8 Å². The minimum Gasteiger partial charge on any atom is -0.496 e. The molecule has 0 saturated heterocycles. The topological polar surface area (TPSA) is 76.7 Å². The maximum Gasteiger partial charge on any atom is 0.276 e. The van der Waals surface area contributed by atoms with Crippen LogP contribution in [0.5, 0.6) is 11.5 Å². The van der Waals surface area contributed by atoms with Crippen molar-refractivity contribution in [3.8, 4) is 11.5 Å². The maximum absolute atomic E-state index is 11.9. The molecule has 2 aromatic rings. The normalized spacial score (nSPS) is 10.5. The third-order valence-corrected chi connectivity index (χ3v) is 4.27. The Morgan fingerprint density at radius 2 is 1.85 bits per heavy atom. The molecule has 27 heavy (non-hydrogen) atoms. The Morgan fingerprint density at radius 3 is 2.56 bits per heavy atom. The first kappa shape index (κ1) is 20.5. The van der Waals surface area contributed by atoms with Crippen LogP contribution in [0.4, 0.5) is 0 Å². The number of methoxy groups -OCH3 is 1. The number of hydrogen-bond acceptors (Lipinski definition) is 4. The van der Waals surface area contributed by atoms with Gasteiger partial charge in [0.05, 0.1) is 7.11 Å². The zero-order chi connectivity index (χ0) is 19.8. The number of hydrogen-bond donors (Lipinski definition) is 2. The lowest BCUT2D eigenvalue weighted by molar-refractivity contribution is -0.128. The Labute approximate surface area is 166 Å². The molecule has 0 unspecified atom stereocenters. The third-order valence-electron chi connectivity index (χ3n) is 3.78. The van der Waals surface area contributed by atoms with Crippen LogP contribution in [0.1, 0.15) is 16.7 Å². The van der Waals surface area contributed by atoms with E-state index in [9.17, 15) is 9.59 Å². The van der Waals surface area contributed by atoms with Crippen molar-refractivity contribution in [3.05, 3.63) is 63.6 Å². The molecule has 0 spiro atoms. The van der Waals surface area contributed by atoms with E-state index in [1.54, 1.807) is 25.3 Å². The predicted octanol–water partition coefficient (Wildman–Crippen LogP) is 3.31. The van der Waals surface area contributed by atoms with Gasteiger partial charge in [-0.1, -0.05) is 22.0 Å². The molecule has 0 atom stereocenters. The van der Waals surface area contributed by atoms with E-state index in [1.165, 1.54) is 6.08 Å². The van der Waals surface area contributed by atoms with E-state index in [4.69, 9.17) is 9.47 Å². The minimum atomic E-state index is -0.475. The number of hydrazine groups is 1. The van der Waals surface area contributed by atoms with Gasteiger partial charge in [-0.25, -0.2) is 0 Å². The quantitative estimate of drug-likeness (QED) is 0.542. The van der Waals surface area contributed by atoms with Crippen LogP contribution in [0, 0.1) is 13.8 Å². The molecule has 7 heteroatoms. The average molecular weight is 433 g/mol. The molecule has 2 aromatic carbocycles. The van der Waals surface area contributed by atoms with Crippen molar-refractivity contribution in [3.63, 3.8) is 0 Å². The predicted molar refractivity (Wildman–Crippen MR) is 107 cm³/mol. The molecule has 142 valence electrons. The summed E-state index contributed by atoms with van der Waals surface area (Å²) < 4.78 is 11.5. The lowest BCUT2D eigenvalue weighted by Gasteiger charge is -2.09. The molecule has 0 aliphatic carbocycles. The Morgan fingerprint density at radius 1 is 1.07 bits per heavy atom. The fraction of sp³-hybridized carbons (Fsp3) is 0.200. The molecule has 2 rings (SSSR count). The molecule has 0 heterocycles. The second-order valence-electron chi connectivity index (χ2n) is 5.79. The molecule has 0 fully saturated rings. The van der Waals surface area contributed by atoms with Crippen molar-refractivity contribution in [1.29, 1.82) is 0 Å². The summed E-state index contributed by atoms with van der Waals surface area (Å²) in [6.45, 7) is 3.76. The van der Waals surface area contributed by atoms with Gasteiger partial charge in [0.2, 0.25) is 0 Å². The van der Waals surface area contributed by atoms with Crippen LogP contribution in [-0.2, 0) is 9.59 Å². The van der Waals surface area contributed by atoms with Gasteiger partial charge in [0, 0.05) is 16.1 Å². The van der Waals surface area contributed by atoms with Gasteiger partial charge in [0.25, 0.3) is 11.8 Å². The molecule has 0 aliphatic heterocycles. The molecule has 2 amide bonds. The van der Waals surface area contributed by atoms with Crippen molar-refractivity contribution in [2.24, 2.45) is 0 Å². The summed E-state index contributed by atoms with van der Waals surface area (Å²) in [5.74, 6) is 0.292. The molecule has 6 nitrogen and oxygen atoms in total. The van der Waals surface area contributed by atoms with Gasteiger partial charge < -0.3 is 9.47 Å². The van der Waals surface area contributed by atoms with E-state index in [2.05, 4.69) is 26.8 Å². The molecule has 0 radical (unpaired) electrons. The average Bonchev–Trinajstić information content (AvgIpc) is 2.65. The van der Waals surface area contributed by atoms with Gasteiger partial charge in [0.1, 0.15) is 11.5 Å². The third kappa shape index (κ3) is 6.45. The van der Waals surface area contributed by atoms with Gasteiger partial charge in [-0.2, -0.15) is 0 Å². The van der Waals surface area contributed by atoms with Crippen LogP contribution >= 0.6 is 15.9 Å². The van der Waals surface area contributed by atoms with Crippen molar-refractivity contribution in [1.82, 2.24) is 10.9 Å². The maximum atomic E-state index is 11.9. The minimum absolute atomic E-state index is 0.202. The molecule has 0 saturated carbocycles. The molecular formula is C20H21BrN2O4. The zero-order valence-electron chi connectivity index (χ0n) is 15.3. The Kier molecular flexibility index (Phi) is 7.43. The van der Waals surface area contributed by atoms with Gasteiger partial charge in [-0.05, 0) is 61.4 Å². The monoisotopic (exact) mass is 432 g/mol. The lowest BCUT2D eigenvalue weighted by atomic mass is 10.1. The fourth-order valence-electron chi connectivity index (χ4n) is 2.16. The highest BCUT2D eigenvalue weighted by molar-refractivity contribution is 9.10. The number of halogens is 1. The van der Waals surface area contributed by atoms with Crippen molar-refractivity contribution in [2.45, 2.75) is 13.8 Å². The summed E-state index contributed by atoms with van der Waals surface area (Å²) in [6.07, 6.45) is 2.89. The van der Waals surface area contributed by atoms with E-state index in [1.807, 2.05) is 38.1 Å². The highest BCUT2D eigenvalue weighted by atomic mass is 79.9. The molecule has 0 bridgehead atoms. The van der Waals surface area contributed by atoms with Crippen LogP contribution in [0.3, 0.4) is 0 Å². The largest absolute Gasteiger partial charge is 0.496 e. The van der Waals surface area contributed by atoms with Crippen LogP contribution in [0.15, 0.2) is 46.9 Å². The summed E-state index contributed by atoms with van der Waals surface area (Å²) in [7, 11) is 1.55. The van der Waals surface area contributed by atoms with Crippen molar-refractivity contribution < 1.29 is 19.1 Å². The second-order valence-corrected chi connectivity index (χ2v) is 6.71. The van der Waals surface area contributed by atoms with Crippen LogP contribution < -0.4 is 20.3 Å². The van der Waals surface area contributed by atoms with Gasteiger partial charge >= 0.3 is 0 Å². The Balaban J connectivity index is 1.81. The summed E-state index contributed by atoms with van der Waals surface area (Å²) >= 11 is 3.37. The Hall–Kier alpha value is -2.80. The number of rotatable bonds is 6. The van der Waals surface area contributed by atoms with Gasteiger partial charge in [0.15, 0.2) is 6.61 Å². The summed E-state index contributed by atoms with van der Waals surface area (Å²) in [5, 5.41) is 0. The SMILES string of the molecule is COc1ccc(Br)cc1/C=C/C(=O)NNC(=O)COc1ccc(C)c(C)c1. The number of carbonyl (C=O) groups excluding carboxylic acids is 2. The van der Waals surface area contributed by atoms with Crippen molar-refractivity contribution in [2.75, 3.05) is 13.7 Å². The van der Waals surface area contributed by atoms with E-state index in [0.717, 1.165) is 21.2 Å². The first-order chi connectivity index (χ1) is 12.9. The number of aryl methyl sites for hydroxylation is 2. The zero-order valence-corrected chi connectivity index (χ0v) is 16.9. The second kappa shape index (κ2) is 9.78. The molecular weight excluding hydrogens is 412 g/mol. The van der Waals surface area contributed by atoms with Crippen molar-refractivity contribution >= 4 is 33.8 Å². The molecule has 0 aromatic heterocycles. The fourth-order valence-corrected chi connectivity index (χ4v) is 2.54. The first-order valence-corrected chi connectivity index (χ1v) is 8.99. The first-order valence-electron chi connectivity index (χ1n) is 8.19. The van der Waals surface area contributed by atoms with E-state index in [0.29, 0.717) is 11.5 Å². The standard InChI is InChI=1S/C20H21BrN2O4/c1-13-4-7-17(10-14(13)2)27-12-20(25)23-22-19(24)9-5-15-11-16(21)6-8-18(15)26-3/h4-11H,12H2,1-3H3,(H,22,24)(H,23,25)/b9-5+. The molecule has 2 N–H and O–H groups in total. The number of ether oxygens (including phenoxy) is 2. The smallest absolute Gasteiger partial charge is 0.276 e. The lowest BCUT2D eigenvalue weighted by Crippen LogP contribution is -2.43. The van der Waals surface area contributed by atoms with E-state index in [-0.39, 0.29) is 6.61 Å². The van der Waals surface area contributed by atoms with Crippen LogP contribution in [-0.4, -0.2) is 25.5 Å². The highest BCUT2D eigenvalue weighted by Gasteiger charge is 2.05. The summed E-state index contributed by atoms with van der Waals surface area (Å²) in [4.78, 5) is 23.6. The highest BCUT2D eigenvalue weighted by Crippen LogP contribution is 2.24. The molecule has 0 aliphatic rings. The van der Waals surface area contributed by atoms with Crippen LogP contribution in [0.2, 0.25) is 0 Å². The number of benzene rings is 2. The van der Waals surface area contributed by atoms with Gasteiger partial charge in [-0.3, -0.25) is 20.4 Å². The number of nitrogens with one attached hydrogen (secondary N) is 2. The van der Waals surface area contributed by atoms with Crippen LogP contribution in [0.25, 0.3) is 6.08 Å².